The molecule has 1 amide bonds. The second-order valence-electron chi connectivity index (χ2n) is 15.1. The molecule has 0 fully saturated rings. The lowest BCUT2D eigenvalue weighted by atomic mass is 9.84. The molecule has 0 aliphatic carbocycles. The molecule has 6 heteroatoms. The molecule has 0 aromatic carbocycles. The number of carboxylic acids is 1. The third kappa shape index (κ3) is 29.8. The lowest BCUT2D eigenvalue weighted by molar-refractivity contribution is -0.167. The van der Waals surface area contributed by atoms with Crippen LogP contribution in [0.5, 0.6) is 0 Å². The number of carboxylic acid groups (broad SMARTS) is 1. The molecule has 0 unspecified atom stereocenters. The van der Waals surface area contributed by atoms with Gasteiger partial charge in [-0.25, -0.2) is 4.79 Å². The Balaban J connectivity index is 5.63. The number of rotatable bonds is 38. The maximum atomic E-state index is 14.0. The van der Waals surface area contributed by atoms with Crippen molar-refractivity contribution < 1.29 is 24.2 Å². The number of amides is 1. The fourth-order valence-electron chi connectivity index (χ4n) is 7.05. The molecule has 0 spiro atoms. The average molecular weight is 694 g/mol. The van der Waals surface area contributed by atoms with Crippen molar-refractivity contribution in [1.29, 1.82) is 0 Å². The van der Waals surface area contributed by atoms with E-state index in [2.05, 4.69) is 33.0 Å². The zero-order valence-electron chi connectivity index (χ0n) is 33.2. The fourth-order valence-corrected chi connectivity index (χ4v) is 7.05. The number of hydrogen-bond donors (Lipinski definition) is 2. The molecule has 0 aromatic rings. The maximum Gasteiger partial charge on any atom is 0.329 e. The van der Waals surface area contributed by atoms with Gasteiger partial charge in [0.1, 0.15) is 11.6 Å². The van der Waals surface area contributed by atoms with Gasteiger partial charge in [0.05, 0.1) is 0 Å². The highest BCUT2D eigenvalue weighted by Gasteiger charge is 2.36. The van der Waals surface area contributed by atoms with Crippen LogP contribution in [0, 0.1) is 0 Å². The maximum absolute atomic E-state index is 14.0. The molecule has 0 heterocycles. The molecule has 0 aliphatic heterocycles. The Labute approximate surface area is 304 Å². The van der Waals surface area contributed by atoms with E-state index in [1.165, 1.54) is 122 Å². The Morgan fingerprint density at radius 3 is 1.16 bits per heavy atom. The summed E-state index contributed by atoms with van der Waals surface area (Å²) in [5.41, 5.74) is -0.543. The van der Waals surface area contributed by atoms with Gasteiger partial charge in [0.15, 0.2) is 0 Å². The Bertz CT molecular complexity index is 753. The van der Waals surface area contributed by atoms with Crippen LogP contribution in [0.4, 0.5) is 0 Å². The number of hydrogen-bond acceptors (Lipinski definition) is 4. The summed E-state index contributed by atoms with van der Waals surface area (Å²) < 4.78 is 6.59. The van der Waals surface area contributed by atoms with E-state index in [1.807, 2.05) is 0 Å². The van der Waals surface area contributed by atoms with E-state index >= 15 is 0 Å². The fraction of sp³-hybridized carbons (Fsp3) is 0.930. The third-order valence-corrected chi connectivity index (χ3v) is 10.3. The van der Waals surface area contributed by atoms with Gasteiger partial charge in [-0.05, 0) is 51.4 Å². The molecule has 49 heavy (non-hydrogen) atoms. The first kappa shape index (κ1) is 47.4. The van der Waals surface area contributed by atoms with Crippen LogP contribution in [-0.4, -0.2) is 34.6 Å². The van der Waals surface area contributed by atoms with Gasteiger partial charge in [-0.1, -0.05) is 182 Å². The van der Waals surface area contributed by atoms with Gasteiger partial charge in [0.25, 0.3) is 0 Å². The van der Waals surface area contributed by atoms with Crippen molar-refractivity contribution >= 4 is 17.8 Å². The van der Waals surface area contributed by atoms with Crippen LogP contribution in [0.2, 0.25) is 0 Å². The van der Waals surface area contributed by atoms with Gasteiger partial charge >= 0.3 is 11.9 Å². The van der Waals surface area contributed by atoms with Gasteiger partial charge in [0.2, 0.25) is 5.91 Å². The molecular formula is C43H83NO5. The Morgan fingerprint density at radius 1 is 0.490 bits per heavy atom. The van der Waals surface area contributed by atoms with Gasteiger partial charge in [0, 0.05) is 12.8 Å². The molecular weight excluding hydrogens is 610 g/mol. The van der Waals surface area contributed by atoms with Crippen LogP contribution < -0.4 is 5.32 Å². The summed E-state index contributed by atoms with van der Waals surface area (Å²) in [4.78, 5) is 38.5. The summed E-state index contributed by atoms with van der Waals surface area (Å²) in [5.74, 6) is -1.56. The molecule has 2 N–H and O–H groups in total. The largest absolute Gasteiger partial charge is 0.481 e. The SMILES string of the molecule is CCCCCCCCCCCC(CCCCCCCC)(CCCCCCCC)OC(=O)[C@H](CCC(=O)O)NC(=O)CCCCCCCCC. The van der Waals surface area contributed by atoms with Crippen molar-refractivity contribution in [3.8, 4) is 0 Å². The van der Waals surface area contributed by atoms with E-state index in [9.17, 15) is 19.5 Å². The smallest absolute Gasteiger partial charge is 0.329 e. The standard InChI is InChI=1S/C43H83NO5/c1-5-9-13-17-21-22-24-28-32-38-43(36-30-26-19-15-11-7-3,37-31-27-20-16-12-8-4)49-42(48)39(34-35-41(46)47)44-40(45)33-29-25-23-18-14-10-6-2/h39H,5-38H2,1-4H3,(H,44,45)(H,46,47)/t39-/m0/s1. The number of unbranched alkanes of at least 4 members (excludes halogenated alkanes) is 24. The summed E-state index contributed by atoms with van der Waals surface area (Å²) in [6, 6.07) is -0.912. The normalized spacial score (nSPS) is 12.2. The summed E-state index contributed by atoms with van der Waals surface area (Å²) in [6.45, 7) is 8.95. The quantitative estimate of drug-likeness (QED) is 0.0496. The number of carbonyl (C=O) groups is 3. The highest BCUT2D eigenvalue weighted by Crippen LogP contribution is 2.34. The minimum Gasteiger partial charge on any atom is -0.481 e. The number of esters is 1. The number of ether oxygens (including phenoxy) is 1. The first-order chi connectivity index (χ1) is 23.8. The molecule has 0 saturated heterocycles. The summed E-state index contributed by atoms with van der Waals surface area (Å²) in [5, 5.41) is 12.4. The highest BCUT2D eigenvalue weighted by molar-refractivity contribution is 5.85. The molecule has 0 radical (unpaired) electrons. The van der Waals surface area contributed by atoms with Gasteiger partial charge in [-0.3, -0.25) is 9.59 Å². The van der Waals surface area contributed by atoms with E-state index in [0.29, 0.717) is 6.42 Å². The molecule has 290 valence electrons. The molecule has 0 bridgehead atoms. The number of nitrogens with one attached hydrogen (secondary N) is 1. The second kappa shape index (κ2) is 34.8. The molecule has 0 aromatic heterocycles. The summed E-state index contributed by atoms with van der Waals surface area (Å²) in [7, 11) is 0. The predicted molar refractivity (Wildman–Crippen MR) is 208 cm³/mol. The van der Waals surface area contributed by atoms with Crippen molar-refractivity contribution in [3.63, 3.8) is 0 Å². The predicted octanol–water partition coefficient (Wildman–Crippen LogP) is 13.2. The Kier molecular flexibility index (Phi) is 33.7. The van der Waals surface area contributed by atoms with Gasteiger partial charge in [-0.15, -0.1) is 0 Å². The zero-order chi connectivity index (χ0) is 36.3. The topological polar surface area (TPSA) is 92.7 Å². The monoisotopic (exact) mass is 694 g/mol. The lowest BCUT2D eigenvalue weighted by Crippen LogP contribution is -2.46. The molecule has 1 atom stereocenters. The lowest BCUT2D eigenvalue weighted by Gasteiger charge is -2.36. The Hall–Kier alpha value is -1.59. The second-order valence-corrected chi connectivity index (χ2v) is 15.1. The number of carbonyl (C=O) groups excluding carboxylic acids is 2. The van der Waals surface area contributed by atoms with Crippen LogP contribution in [0.3, 0.4) is 0 Å². The van der Waals surface area contributed by atoms with Crippen LogP contribution in [0.1, 0.15) is 246 Å². The van der Waals surface area contributed by atoms with Gasteiger partial charge < -0.3 is 15.2 Å². The van der Waals surface area contributed by atoms with Crippen molar-refractivity contribution in [2.45, 2.75) is 258 Å². The highest BCUT2D eigenvalue weighted by atomic mass is 16.6. The first-order valence-corrected chi connectivity index (χ1v) is 21.6. The van der Waals surface area contributed by atoms with Crippen LogP contribution in [-0.2, 0) is 19.1 Å². The van der Waals surface area contributed by atoms with Crippen LogP contribution in [0.15, 0.2) is 0 Å². The van der Waals surface area contributed by atoms with Crippen molar-refractivity contribution in [2.24, 2.45) is 0 Å². The third-order valence-electron chi connectivity index (χ3n) is 10.3. The summed E-state index contributed by atoms with van der Waals surface area (Å²) in [6.07, 6.45) is 36.2. The van der Waals surface area contributed by atoms with Crippen molar-refractivity contribution in [2.75, 3.05) is 0 Å². The van der Waals surface area contributed by atoms with Gasteiger partial charge in [-0.2, -0.15) is 0 Å². The van der Waals surface area contributed by atoms with Crippen molar-refractivity contribution in [3.05, 3.63) is 0 Å². The van der Waals surface area contributed by atoms with Crippen LogP contribution >= 0.6 is 0 Å². The van der Waals surface area contributed by atoms with E-state index in [-0.39, 0.29) is 18.7 Å². The minimum atomic E-state index is -0.959. The van der Waals surface area contributed by atoms with E-state index in [1.54, 1.807) is 0 Å². The minimum absolute atomic E-state index is 0.0685. The van der Waals surface area contributed by atoms with Crippen molar-refractivity contribution in [1.82, 2.24) is 5.32 Å². The average Bonchev–Trinajstić information content (AvgIpc) is 3.08. The van der Waals surface area contributed by atoms with E-state index in [0.717, 1.165) is 77.0 Å². The zero-order valence-corrected chi connectivity index (χ0v) is 33.2. The summed E-state index contributed by atoms with van der Waals surface area (Å²) >= 11 is 0. The molecule has 0 rings (SSSR count). The first-order valence-electron chi connectivity index (χ1n) is 21.6. The molecule has 0 aliphatic rings. The van der Waals surface area contributed by atoms with Crippen LogP contribution in [0.25, 0.3) is 0 Å². The number of aliphatic carboxylic acids is 1. The molecule has 0 saturated carbocycles. The van der Waals surface area contributed by atoms with E-state index < -0.39 is 23.6 Å². The Morgan fingerprint density at radius 2 is 0.816 bits per heavy atom. The molecule has 6 nitrogen and oxygen atoms in total. The van der Waals surface area contributed by atoms with E-state index in [4.69, 9.17) is 4.74 Å².